The molecule has 2 heterocycles. The number of aliphatic hydroxyl groups excluding tert-OH is 1. The SMILES string of the molecule is C=CC(=O)O[C@@H]1CO[C@H]2[C@H]1OC[C@H]2O. The molecule has 0 aromatic heterocycles. The normalized spacial score (nSPS) is 40.6. The van der Waals surface area contributed by atoms with Crippen LogP contribution in [-0.2, 0) is 19.0 Å². The molecule has 14 heavy (non-hydrogen) atoms. The molecule has 1 N–H and O–H groups in total. The second-order valence-corrected chi connectivity index (χ2v) is 3.34. The minimum atomic E-state index is -0.618. The average Bonchev–Trinajstić information content (AvgIpc) is 2.72. The van der Waals surface area contributed by atoms with Crippen LogP contribution in [0.5, 0.6) is 0 Å². The molecule has 5 heteroatoms. The van der Waals surface area contributed by atoms with Gasteiger partial charge in [-0.05, 0) is 0 Å². The zero-order chi connectivity index (χ0) is 10.1. The van der Waals surface area contributed by atoms with E-state index in [-0.39, 0.29) is 25.4 Å². The number of rotatable bonds is 2. The summed E-state index contributed by atoms with van der Waals surface area (Å²) in [5, 5.41) is 9.40. The number of aliphatic hydroxyl groups is 1. The third-order valence-electron chi connectivity index (χ3n) is 2.42. The molecule has 0 amide bonds. The van der Waals surface area contributed by atoms with E-state index in [0.717, 1.165) is 6.08 Å². The quantitative estimate of drug-likeness (QED) is 0.469. The van der Waals surface area contributed by atoms with Gasteiger partial charge in [0, 0.05) is 6.08 Å². The number of ether oxygens (including phenoxy) is 3. The lowest BCUT2D eigenvalue weighted by atomic mass is 10.1. The van der Waals surface area contributed by atoms with Gasteiger partial charge >= 0.3 is 5.97 Å². The van der Waals surface area contributed by atoms with Crippen LogP contribution >= 0.6 is 0 Å². The Morgan fingerprint density at radius 2 is 2.14 bits per heavy atom. The van der Waals surface area contributed by atoms with Crippen LogP contribution in [0.15, 0.2) is 12.7 Å². The molecule has 2 rings (SSSR count). The average molecular weight is 200 g/mol. The minimum Gasteiger partial charge on any atom is -0.454 e. The molecule has 0 spiro atoms. The van der Waals surface area contributed by atoms with E-state index in [4.69, 9.17) is 14.2 Å². The van der Waals surface area contributed by atoms with Gasteiger partial charge in [0.25, 0.3) is 0 Å². The number of carbonyl (C=O) groups is 1. The van der Waals surface area contributed by atoms with E-state index in [2.05, 4.69) is 6.58 Å². The molecule has 0 aliphatic carbocycles. The lowest BCUT2D eigenvalue weighted by molar-refractivity contribution is -0.147. The number of hydrogen-bond acceptors (Lipinski definition) is 5. The zero-order valence-electron chi connectivity index (χ0n) is 7.59. The highest BCUT2D eigenvalue weighted by molar-refractivity contribution is 5.81. The van der Waals surface area contributed by atoms with Crippen molar-refractivity contribution in [1.29, 1.82) is 0 Å². The van der Waals surface area contributed by atoms with Gasteiger partial charge in [-0.3, -0.25) is 0 Å². The Hall–Kier alpha value is -0.910. The number of esters is 1. The fraction of sp³-hybridized carbons (Fsp3) is 0.667. The molecule has 5 nitrogen and oxygen atoms in total. The van der Waals surface area contributed by atoms with Crippen LogP contribution < -0.4 is 0 Å². The van der Waals surface area contributed by atoms with E-state index >= 15 is 0 Å². The first-order chi connectivity index (χ1) is 6.72. The summed E-state index contributed by atoms with van der Waals surface area (Å²) >= 11 is 0. The van der Waals surface area contributed by atoms with Crippen LogP contribution in [0.25, 0.3) is 0 Å². The van der Waals surface area contributed by atoms with Crippen molar-refractivity contribution < 1.29 is 24.1 Å². The number of carbonyl (C=O) groups excluding carboxylic acids is 1. The summed E-state index contributed by atoms with van der Waals surface area (Å²) in [6.45, 7) is 3.80. The van der Waals surface area contributed by atoms with E-state index in [1.807, 2.05) is 0 Å². The summed E-state index contributed by atoms with van der Waals surface area (Å²) in [5.74, 6) is -0.496. The van der Waals surface area contributed by atoms with Gasteiger partial charge in [-0.15, -0.1) is 0 Å². The predicted molar refractivity (Wildman–Crippen MR) is 45.6 cm³/mol. The van der Waals surface area contributed by atoms with Crippen molar-refractivity contribution in [3.63, 3.8) is 0 Å². The first-order valence-electron chi connectivity index (χ1n) is 4.46. The van der Waals surface area contributed by atoms with Gasteiger partial charge in [0.2, 0.25) is 0 Å². The molecule has 0 bridgehead atoms. The van der Waals surface area contributed by atoms with E-state index in [0.29, 0.717) is 0 Å². The summed E-state index contributed by atoms with van der Waals surface area (Å²) in [6.07, 6.45) is -0.653. The Bertz CT molecular complexity index is 252. The van der Waals surface area contributed by atoms with Crippen LogP contribution in [0.3, 0.4) is 0 Å². The third-order valence-corrected chi connectivity index (χ3v) is 2.42. The second kappa shape index (κ2) is 3.68. The second-order valence-electron chi connectivity index (χ2n) is 3.34. The molecule has 0 radical (unpaired) electrons. The first kappa shape index (κ1) is 9.64. The summed E-state index contributed by atoms with van der Waals surface area (Å²) in [5.41, 5.74) is 0. The molecule has 2 fully saturated rings. The van der Waals surface area contributed by atoms with Gasteiger partial charge in [-0.25, -0.2) is 4.79 Å². The summed E-state index contributed by atoms with van der Waals surface area (Å²) in [6, 6.07) is 0. The topological polar surface area (TPSA) is 65.0 Å². The largest absolute Gasteiger partial charge is 0.454 e. The first-order valence-corrected chi connectivity index (χ1v) is 4.46. The van der Waals surface area contributed by atoms with Gasteiger partial charge in [0.05, 0.1) is 13.2 Å². The fourth-order valence-electron chi connectivity index (χ4n) is 1.74. The van der Waals surface area contributed by atoms with Crippen molar-refractivity contribution in [2.45, 2.75) is 24.4 Å². The Morgan fingerprint density at radius 1 is 1.43 bits per heavy atom. The molecule has 78 valence electrons. The molecule has 0 aromatic carbocycles. The maximum Gasteiger partial charge on any atom is 0.330 e. The van der Waals surface area contributed by atoms with Crippen molar-refractivity contribution in [2.75, 3.05) is 13.2 Å². The number of hydrogen-bond donors (Lipinski definition) is 1. The van der Waals surface area contributed by atoms with Crippen LogP contribution in [0, 0.1) is 0 Å². The standard InChI is InChI=1S/C9H12O5/c1-2-7(11)14-6-4-13-8-5(10)3-12-9(6)8/h2,5-6,8-10H,1,3-4H2/t5-,6-,8-,9+/m1/s1. The minimum absolute atomic E-state index is 0.234. The molecule has 2 aliphatic heterocycles. The maximum atomic E-state index is 10.9. The van der Waals surface area contributed by atoms with Crippen LogP contribution in [0.4, 0.5) is 0 Å². The molecule has 2 saturated heterocycles. The Labute approximate surface area is 81.3 Å². The maximum absolute atomic E-state index is 10.9. The Morgan fingerprint density at radius 3 is 2.86 bits per heavy atom. The van der Waals surface area contributed by atoms with E-state index in [1.54, 1.807) is 0 Å². The highest BCUT2D eigenvalue weighted by Gasteiger charge is 2.48. The highest BCUT2D eigenvalue weighted by atomic mass is 16.6. The van der Waals surface area contributed by atoms with Gasteiger partial charge in [0.15, 0.2) is 6.10 Å². The fourth-order valence-corrected chi connectivity index (χ4v) is 1.74. The lowest BCUT2D eigenvalue weighted by Gasteiger charge is -2.15. The monoisotopic (exact) mass is 200 g/mol. The Kier molecular flexibility index (Phi) is 2.54. The molecule has 2 aliphatic rings. The summed E-state index contributed by atoms with van der Waals surface area (Å²) in [7, 11) is 0. The molecule has 0 aromatic rings. The zero-order valence-corrected chi connectivity index (χ0v) is 7.59. The smallest absolute Gasteiger partial charge is 0.330 e. The lowest BCUT2D eigenvalue weighted by Crippen LogP contribution is -2.33. The Balaban J connectivity index is 1.96. The number of fused-ring (bicyclic) bond motifs is 1. The van der Waals surface area contributed by atoms with E-state index in [9.17, 15) is 9.90 Å². The molecule has 4 atom stereocenters. The van der Waals surface area contributed by atoms with Crippen LogP contribution in [0.1, 0.15) is 0 Å². The predicted octanol–water partition coefficient (Wildman–Crippen LogP) is -0.757. The van der Waals surface area contributed by atoms with Crippen molar-refractivity contribution in [1.82, 2.24) is 0 Å². The molecular weight excluding hydrogens is 188 g/mol. The third kappa shape index (κ3) is 1.54. The van der Waals surface area contributed by atoms with Crippen molar-refractivity contribution in [2.24, 2.45) is 0 Å². The molecular formula is C9H12O5. The van der Waals surface area contributed by atoms with Gasteiger partial charge in [-0.2, -0.15) is 0 Å². The van der Waals surface area contributed by atoms with Gasteiger partial charge in [0.1, 0.15) is 18.3 Å². The molecule has 0 unspecified atom stereocenters. The van der Waals surface area contributed by atoms with Gasteiger partial charge in [-0.1, -0.05) is 6.58 Å². The van der Waals surface area contributed by atoms with E-state index in [1.165, 1.54) is 0 Å². The van der Waals surface area contributed by atoms with Crippen molar-refractivity contribution in [3.05, 3.63) is 12.7 Å². The van der Waals surface area contributed by atoms with E-state index < -0.39 is 18.2 Å². The van der Waals surface area contributed by atoms with Gasteiger partial charge < -0.3 is 19.3 Å². The van der Waals surface area contributed by atoms with Crippen LogP contribution in [-0.4, -0.2) is 48.7 Å². The van der Waals surface area contributed by atoms with Crippen molar-refractivity contribution >= 4 is 5.97 Å². The highest BCUT2D eigenvalue weighted by Crippen LogP contribution is 2.28. The van der Waals surface area contributed by atoms with Crippen molar-refractivity contribution in [3.8, 4) is 0 Å². The molecule has 0 saturated carbocycles. The van der Waals surface area contributed by atoms with Crippen LogP contribution in [0.2, 0.25) is 0 Å². The summed E-state index contributed by atoms with van der Waals surface area (Å²) in [4.78, 5) is 10.9. The summed E-state index contributed by atoms with van der Waals surface area (Å²) < 4.78 is 15.5.